The molecule has 0 amide bonds. The van der Waals surface area contributed by atoms with Crippen LogP contribution in [0, 0.1) is 0 Å². The van der Waals surface area contributed by atoms with Crippen LogP contribution in [0.1, 0.15) is 34.4 Å². The molecule has 0 bridgehead atoms. The Hall–Kier alpha value is -1.02. The lowest BCUT2D eigenvalue weighted by molar-refractivity contribution is 0.592. The number of aromatic nitrogens is 2. The number of thiophene rings is 2. The fraction of sp³-hybridized carbons (Fsp3) is 0.176. The number of hydrogen-bond acceptors (Lipinski definition) is 5. The predicted molar refractivity (Wildman–Crippen MR) is 109 cm³/mol. The van der Waals surface area contributed by atoms with Gasteiger partial charge < -0.3 is 5.73 Å². The first-order valence-electron chi connectivity index (χ1n) is 7.30. The smallest absolute Gasteiger partial charge is 0.131 e. The van der Waals surface area contributed by atoms with E-state index in [1.807, 2.05) is 0 Å². The third-order valence-corrected chi connectivity index (χ3v) is 7.91. The number of hydrogen-bond donors (Lipinski definition) is 1. The molecular formula is C17H13Br2N3S2. The Kier molecular flexibility index (Phi) is 4.15. The molecule has 0 aliphatic heterocycles. The number of halogens is 2. The van der Waals surface area contributed by atoms with Gasteiger partial charge in [0.15, 0.2) is 0 Å². The van der Waals surface area contributed by atoms with Gasteiger partial charge >= 0.3 is 0 Å². The maximum atomic E-state index is 6.26. The molecule has 7 heteroatoms. The van der Waals surface area contributed by atoms with Gasteiger partial charge in [0.1, 0.15) is 12.1 Å². The molecule has 122 valence electrons. The first-order chi connectivity index (χ1) is 11.5. The molecule has 1 aliphatic rings. The van der Waals surface area contributed by atoms with Crippen LogP contribution in [0.2, 0.25) is 0 Å². The van der Waals surface area contributed by atoms with Crippen molar-refractivity contribution in [2.75, 3.05) is 5.73 Å². The van der Waals surface area contributed by atoms with Crippen LogP contribution in [0.5, 0.6) is 0 Å². The summed E-state index contributed by atoms with van der Waals surface area (Å²) in [5.41, 5.74) is 9.24. The van der Waals surface area contributed by atoms with Crippen molar-refractivity contribution < 1.29 is 0 Å². The summed E-state index contributed by atoms with van der Waals surface area (Å²) in [6.45, 7) is 2.24. The van der Waals surface area contributed by atoms with E-state index in [1.54, 1.807) is 29.0 Å². The van der Waals surface area contributed by atoms with Crippen LogP contribution in [0.4, 0.5) is 5.82 Å². The zero-order valence-corrected chi connectivity index (χ0v) is 17.5. The molecule has 2 N–H and O–H groups in total. The maximum Gasteiger partial charge on any atom is 0.131 e. The lowest BCUT2D eigenvalue weighted by Crippen LogP contribution is -2.29. The van der Waals surface area contributed by atoms with Gasteiger partial charge in [0.2, 0.25) is 0 Å². The number of nitrogens with two attached hydrogens (primary N) is 1. The summed E-state index contributed by atoms with van der Waals surface area (Å²) < 4.78 is 2.25. The summed E-state index contributed by atoms with van der Waals surface area (Å²) >= 11 is 10.6. The Morgan fingerprint density at radius 1 is 1.08 bits per heavy atom. The Labute approximate surface area is 164 Å². The first-order valence-corrected chi connectivity index (χ1v) is 10.5. The van der Waals surface area contributed by atoms with Crippen molar-refractivity contribution in [2.24, 2.45) is 0 Å². The molecule has 24 heavy (non-hydrogen) atoms. The Morgan fingerprint density at radius 2 is 1.83 bits per heavy atom. The Balaban J connectivity index is 1.94. The molecule has 3 heterocycles. The average Bonchev–Trinajstić information content (AvgIpc) is 3.16. The van der Waals surface area contributed by atoms with Crippen LogP contribution in [-0.4, -0.2) is 9.97 Å². The largest absolute Gasteiger partial charge is 0.383 e. The van der Waals surface area contributed by atoms with E-state index in [1.165, 1.54) is 15.3 Å². The van der Waals surface area contributed by atoms with Gasteiger partial charge in [-0.25, -0.2) is 9.97 Å². The van der Waals surface area contributed by atoms with E-state index in [0.29, 0.717) is 5.82 Å². The van der Waals surface area contributed by atoms with E-state index in [0.717, 1.165) is 25.3 Å². The highest BCUT2D eigenvalue weighted by Crippen LogP contribution is 2.50. The number of fused-ring (bicyclic) bond motifs is 1. The van der Waals surface area contributed by atoms with Gasteiger partial charge in [0.05, 0.1) is 13.3 Å². The zero-order valence-electron chi connectivity index (χ0n) is 12.7. The number of nitrogens with zero attached hydrogens (tertiary/aromatic N) is 2. The molecule has 1 aliphatic carbocycles. The Morgan fingerprint density at radius 3 is 2.50 bits per heavy atom. The highest BCUT2D eigenvalue weighted by Gasteiger charge is 2.39. The van der Waals surface area contributed by atoms with Gasteiger partial charge in [-0.1, -0.05) is 6.92 Å². The van der Waals surface area contributed by atoms with Crippen molar-refractivity contribution in [3.05, 3.63) is 59.2 Å². The van der Waals surface area contributed by atoms with Crippen LogP contribution in [0.3, 0.4) is 0 Å². The first kappa shape index (κ1) is 16.4. The summed E-state index contributed by atoms with van der Waals surface area (Å²) in [5.74, 6) is 0.565. The molecule has 0 fully saturated rings. The van der Waals surface area contributed by atoms with Gasteiger partial charge in [-0.15, -0.1) is 22.7 Å². The fourth-order valence-corrected chi connectivity index (χ4v) is 6.18. The van der Waals surface area contributed by atoms with Crippen LogP contribution in [0.15, 0.2) is 38.2 Å². The quantitative estimate of drug-likeness (QED) is 0.490. The second-order valence-corrected chi connectivity index (χ2v) is 10.8. The molecule has 3 aromatic heterocycles. The highest BCUT2D eigenvalue weighted by atomic mass is 79.9. The van der Waals surface area contributed by atoms with Gasteiger partial charge in [-0.2, -0.15) is 0 Å². The van der Waals surface area contributed by atoms with E-state index < -0.39 is 0 Å². The van der Waals surface area contributed by atoms with Crippen molar-refractivity contribution in [1.29, 1.82) is 0 Å². The van der Waals surface area contributed by atoms with E-state index in [-0.39, 0.29) is 5.41 Å². The number of allylic oxidation sites excluding steroid dienone is 1. The topological polar surface area (TPSA) is 51.8 Å². The van der Waals surface area contributed by atoms with Crippen LogP contribution in [0.25, 0.3) is 11.6 Å². The molecule has 3 aromatic rings. The number of nitrogen functional groups attached to an aromatic ring is 1. The van der Waals surface area contributed by atoms with Crippen LogP contribution < -0.4 is 5.73 Å². The molecule has 0 radical (unpaired) electrons. The Bertz CT molecular complexity index is 960. The lowest BCUT2D eigenvalue weighted by Gasteiger charge is -2.35. The van der Waals surface area contributed by atoms with Crippen molar-refractivity contribution in [3.63, 3.8) is 0 Å². The van der Waals surface area contributed by atoms with Crippen molar-refractivity contribution >= 4 is 72.0 Å². The SMILES string of the molecule is CC1(c2ccc(Br)s2)CC(c2ccc(Br)s2)=Cc2ncnc(N)c21. The standard InChI is InChI=1S/C17H13Br2N3S2/c1-17(12-3-5-14(19)24-12)7-9(11-2-4-13(18)23-11)6-10-15(17)16(20)22-8-21-10/h2-6,8H,7H2,1H3,(H2,20,21,22). The molecule has 0 saturated heterocycles. The zero-order chi connectivity index (χ0) is 16.9. The van der Waals surface area contributed by atoms with Crippen molar-refractivity contribution in [3.8, 4) is 0 Å². The molecule has 0 saturated carbocycles. The van der Waals surface area contributed by atoms with Crippen molar-refractivity contribution in [1.82, 2.24) is 9.97 Å². The summed E-state index contributed by atoms with van der Waals surface area (Å²) in [6, 6.07) is 8.49. The van der Waals surface area contributed by atoms with Gasteiger partial charge in [0, 0.05) is 20.7 Å². The molecular weight excluding hydrogens is 470 g/mol. The fourth-order valence-electron chi connectivity index (χ4n) is 3.24. The van der Waals surface area contributed by atoms with Gasteiger partial charge in [-0.05, 0) is 74.2 Å². The minimum absolute atomic E-state index is 0.238. The van der Waals surface area contributed by atoms with Gasteiger partial charge in [-0.3, -0.25) is 0 Å². The monoisotopic (exact) mass is 481 g/mol. The minimum Gasteiger partial charge on any atom is -0.383 e. The average molecular weight is 483 g/mol. The number of rotatable bonds is 2. The molecule has 0 aromatic carbocycles. The molecule has 4 rings (SSSR count). The summed E-state index contributed by atoms with van der Waals surface area (Å²) in [4.78, 5) is 11.3. The van der Waals surface area contributed by atoms with E-state index >= 15 is 0 Å². The summed E-state index contributed by atoms with van der Waals surface area (Å²) in [5, 5.41) is 0. The molecule has 3 nitrogen and oxygen atoms in total. The molecule has 1 atom stereocenters. The van der Waals surface area contributed by atoms with Crippen LogP contribution in [-0.2, 0) is 5.41 Å². The van der Waals surface area contributed by atoms with Gasteiger partial charge in [0.25, 0.3) is 0 Å². The second-order valence-electron chi connectivity index (χ2n) is 5.91. The van der Waals surface area contributed by atoms with E-state index in [9.17, 15) is 0 Å². The maximum absolute atomic E-state index is 6.26. The van der Waals surface area contributed by atoms with Crippen LogP contribution >= 0.6 is 54.5 Å². The van der Waals surface area contributed by atoms with E-state index in [4.69, 9.17) is 5.73 Å². The number of anilines is 1. The molecule has 0 spiro atoms. The minimum atomic E-state index is -0.238. The van der Waals surface area contributed by atoms with Crippen molar-refractivity contribution in [2.45, 2.75) is 18.8 Å². The lowest BCUT2D eigenvalue weighted by atomic mass is 9.71. The second kappa shape index (κ2) is 6.05. The summed E-state index contributed by atoms with van der Waals surface area (Å²) in [6.07, 6.45) is 4.57. The third-order valence-electron chi connectivity index (χ3n) is 4.32. The van der Waals surface area contributed by atoms with E-state index in [2.05, 4.69) is 79.1 Å². The highest BCUT2D eigenvalue weighted by molar-refractivity contribution is 9.11. The normalized spacial score (nSPS) is 19.9. The third kappa shape index (κ3) is 2.67. The predicted octanol–water partition coefficient (Wildman–Crippen LogP) is 5.96. The summed E-state index contributed by atoms with van der Waals surface area (Å²) in [7, 11) is 0. The molecule has 1 unspecified atom stereocenters.